The Labute approximate surface area is 134 Å². The van der Waals surface area contributed by atoms with Crippen LogP contribution in [0.15, 0.2) is 17.3 Å². The van der Waals surface area contributed by atoms with Crippen LogP contribution < -0.4 is 11.1 Å². The maximum atomic E-state index is 11.9. The number of aliphatic hydroxyl groups excluding tert-OH is 1. The Hall–Kier alpha value is -2.00. The van der Waals surface area contributed by atoms with Crippen molar-refractivity contribution in [3.05, 3.63) is 12.4 Å². The minimum atomic E-state index is -3.47. The number of nitrogen functional groups attached to an aromatic ring is 1. The highest BCUT2D eigenvalue weighted by Gasteiger charge is 2.21. The van der Waals surface area contributed by atoms with Crippen molar-refractivity contribution in [3.8, 4) is 0 Å². The second kappa shape index (κ2) is 5.89. The van der Waals surface area contributed by atoms with Gasteiger partial charge in [0.2, 0.25) is 5.95 Å². The summed E-state index contributed by atoms with van der Waals surface area (Å²) < 4.78 is 23.8. The Bertz CT molecular complexity index is 832. The number of nitrogens with zero attached hydrogens (tertiary/aromatic N) is 3. The van der Waals surface area contributed by atoms with Crippen molar-refractivity contribution in [3.63, 3.8) is 0 Å². The van der Waals surface area contributed by atoms with Gasteiger partial charge in [-0.3, -0.25) is 0 Å². The van der Waals surface area contributed by atoms with Crippen LogP contribution in [0.25, 0.3) is 10.9 Å². The molecule has 1 aliphatic carbocycles. The first-order valence-corrected chi connectivity index (χ1v) is 9.29. The molecule has 0 aliphatic heterocycles. The van der Waals surface area contributed by atoms with Crippen LogP contribution in [0.5, 0.6) is 0 Å². The number of hydrogen-bond donors (Lipinski definition) is 3. The lowest BCUT2D eigenvalue weighted by atomic mass is 9.93. The molecule has 0 spiro atoms. The highest BCUT2D eigenvalue weighted by Crippen LogP contribution is 2.26. The van der Waals surface area contributed by atoms with Crippen LogP contribution in [0.3, 0.4) is 0 Å². The van der Waals surface area contributed by atoms with Crippen molar-refractivity contribution in [1.82, 2.24) is 15.0 Å². The van der Waals surface area contributed by atoms with Crippen LogP contribution in [0.2, 0.25) is 0 Å². The third-order valence-electron chi connectivity index (χ3n) is 4.05. The molecule has 0 radical (unpaired) electrons. The summed E-state index contributed by atoms with van der Waals surface area (Å²) in [6.07, 6.45) is 6.68. The normalized spacial score (nSPS) is 22.2. The number of anilines is 2. The third-order valence-corrected chi connectivity index (χ3v) is 5.15. The molecule has 23 heavy (non-hydrogen) atoms. The van der Waals surface area contributed by atoms with Gasteiger partial charge in [-0.25, -0.2) is 23.4 Å². The smallest absolute Gasteiger partial charge is 0.223 e. The van der Waals surface area contributed by atoms with Crippen LogP contribution in [-0.2, 0) is 9.84 Å². The van der Waals surface area contributed by atoms with Crippen LogP contribution in [-0.4, -0.2) is 46.9 Å². The number of aliphatic hydroxyl groups is 1. The third kappa shape index (κ3) is 3.35. The molecule has 4 N–H and O–H groups in total. The van der Waals surface area contributed by atoms with E-state index in [1.54, 1.807) is 0 Å². The molecule has 0 aromatic carbocycles. The van der Waals surface area contributed by atoms with E-state index in [2.05, 4.69) is 20.3 Å². The first-order valence-electron chi connectivity index (χ1n) is 7.40. The number of nitrogens with two attached hydrogens (primary N) is 1. The molecule has 9 heteroatoms. The van der Waals surface area contributed by atoms with Crippen molar-refractivity contribution in [2.45, 2.75) is 42.7 Å². The van der Waals surface area contributed by atoms with E-state index in [0.717, 1.165) is 31.9 Å². The van der Waals surface area contributed by atoms with Crippen molar-refractivity contribution < 1.29 is 13.5 Å². The average molecular weight is 337 g/mol. The largest absolute Gasteiger partial charge is 0.393 e. The molecule has 0 atom stereocenters. The second-order valence-electron chi connectivity index (χ2n) is 5.89. The molecule has 0 unspecified atom stereocenters. The fourth-order valence-corrected chi connectivity index (χ4v) is 3.51. The maximum absolute atomic E-state index is 11.9. The molecular weight excluding hydrogens is 318 g/mol. The zero-order valence-electron chi connectivity index (χ0n) is 12.7. The van der Waals surface area contributed by atoms with Gasteiger partial charge in [0.15, 0.2) is 9.84 Å². The van der Waals surface area contributed by atoms with E-state index >= 15 is 0 Å². The van der Waals surface area contributed by atoms with Gasteiger partial charge in [0.1, 0.15) is 10.7 Å². The van der Waals surface area contributed by atoms with Gasteiger partial charge < -0.3 is 16.2 Å². The first-order chi connectivity index (χ1) is 10.8. The van der Waals surface area contributed by atoms with Crippen LogP contribution in [0.4, 0.5) is 11.8 Å². The van der Waals surface area contributed by atoms with Gasteiger partial charge in [0.25, 0.3) is 0 Å². The molecule has 2 heterocycles. The maximum Gasteiger partial charge on any atom is 0.223 e. The van der Waals surface area contributed by atoms with Gasteiger partial charge in [-0.15, -0.1) is 0 Å². The summed E-state index contributed by atoms with van der Waals surface area (Å²) in [4.78, 5) is 12.5. The number of pyridine rings is 1. The van der Waals surface area contributed by atoms with E-state index in [0.29, 0.717) is 11.3 Å². The summed E-state index contributed by atoms with van der Waals surface area (Å²) in [5.74, 6) is 0.550. The predicted molar refractivity (Wildman–Crippen MR) is 86.7 cm³/mol. The Balaban J connectivity index is 1.97. The summed E-state index contributed by atoms with van der Waals surface area (Å²) in [5.41, 5.74) is 6.06. The van der Waals surface area contributed by atoms with Gasteiger partial charge in [-0.05, 0) is 25.7 Å². The minimum Gasteiger partial charge on any atom is -0.393 e. The van der Waals surface area contributed by atoms with Crippen molar-refractivity contribution >= 4 is 32.5 Å². The molecule has 0 bridgehead atoms. The molecule has 1 fully saturated rings. The van der Waals surface area contributed by atoms with E-state index in [9.17, 15) is 13.5 Å². The molecule has 2 aromatic heterocycles. The van der Waals surface area contributed by atoms with E-state index in [1.807, 2.05) is 0 Å². The standard InChI is InChI=1S/C14H19N5O3S/c1-23(21,22)11-7-16-13(15)10-6-17-14(19-12(10)11)18-8-2-4-9(20)5-3-8/h6-9,20H,2-5H2,1H3,(H2,15,16)(H,17,18,19). The summed E-state index contributed by atoms with van der Waals surface area (Å²) in [5, 5.41) is 13.2. The number of fused-ring (bicyclic) bond motifs is 1. The molecule has 3 rings (SSSR count). The molecule has 124 valence electrons. The first kappa shape index (κ1) is 15.9. The van der Waals surface area contributed by atoms with Crippen LogP contribution in [0.1, 0.15) is 25.7 Å². The minimum absolute atomic E-state index is 0.0335. The lowest BCUT2D eigenvalue weighted by Gasteiger charge is -2.26. The zero-order valence-corrected chi connectivity index (χ0v) is 13.5. The van der Waals surface area contributed by atoms with Gasteiger partial charge in [-0.2, -0.15) is 0 Å². The second-order valence-corrected chi connectivity index (χ2v) is 7.87. The number of rotatable bonds is 3. The van der Waals surface area contributed by atoms with Gasteiger partial charge in [-0.1, -0.05) is 0 Å². The molecular formula is C14H19N5O3S. The number of nitrogens with one attached hydrogen (secondary N) is 1. The molecule has 0 saturated heterocycles. The van der Waals surface area contributed by atoms with Crippen molar-refractivity contribution in [2.24, 2.45) is 0 Å². The van der Waals surface area contributed by atoms with Gasteiger partial charge in [0, 0.05) is 18.5 Å². The Kier molecular flexibility index (Phi) is 4.07. The average Bonchev–Trinajstić information content (AvgIpc) is 2.48. The van der Waals surface area contributed by atoms with E-state index in [1.165, 1.54) is 12.4 Å². The SMILES string of the molecule is CS(=O)(=O)c1cnc(N)c2cnc(NC3CCC(O)CC3)nc12. The van der Waals surface area contributed by atoms with E-state index < -0.39 is 9.84 Å². The summed E-state index contributed by atoms with van der Waals surface area (Å²) in [6, 6.07) is 0.164. The molecule has 1 aliphatic rings. The zero-order chi connectivity index (χ0) is 16.6. The monoisotopic (exact) mass is 337 g/mol. The molecule has 8 nitrogen and oxygen atoms in total. The topological polar surface area (TPSA) is 131 Å². The van der Waals surface area contributed by atoms with Gasteiger partial charge >= 0.3 is 0 Å². The predicted octanol–water partition coefficient (Wildman–Crippen LogP) is 0.726. The Morgan fingerprint density at radius 1 is 1.22 bits per heavy atom. The van der Waals surface area contributed by atoms with E-state index in [-0.39, 0.29) is 28.4 Å². The quantitative estimate of drug-likeness (QED) is 0.747. The lowest BCUT2D eigenvalue weighted by molar-refractivity contribution is 0.126. The van der Waals surface area contributed by atoms with Crippen molar-refractivity contribution in [2.75, 3.05) is 17.3 Å². The number of aromatic nitrogens is 3. The Morgan fingerprint density at radius 2 is 1.91 bits per heavy atom. The lowest BCUT2D eigenvalue weighted by Crippen LogP contribution is -2.28. The number of hydrogen-bond acceptors (Lipinski definition) is 8. The fourth-order valence-electron chi connectivity index (χ4n) is 2.76. The number of sulfone groups is 1. The summed E-state index contributed by atoms with van der Waals surface area (Å²) in [6.45, 7) is 0. The van der Waals surface area contributed by atoms with Crippen LogP contribution >= 0.6 is 0 Å². The Morgan fingerprint density at radius 3 is 2.57 bits per heavy atom. The summed E-state index contributed by atoms with van der Waals surface area (Å²) in [7, 11) is -3.47. The van der Waals surface area contributed by atoms with E-state index in [4.69, 9.17) is 5.73 Å². The van der Waals surface area contributed by atoms with Crippen molar-refractivity contribution in [1.29, 1.82) is 0 Å². The molecule has 1 saturated carbocycles. The highest BCUT2D eigenvalue weighted by molar-refractivity contribution is 7.91. The molecule has 2 aromatic rings. The molecule has 0 amide bonds. The highest BCUT2D eigenvalue weighted by atomic mass is 32.2. The van der Waals surface area contributed by atoms with Gasteiger partial charge in [0.05, 0.1) is 23.2 Å². The fraction of sp³-hybridized carbons (Fsp3) is 0.500. The summed E-state index contributed by atoms with van der Waals surface area (Å²) >= 11 is 0. The van der Waals surface area contributed by atoms with Crippen LogP contribution in [0, 0.1) is 0 Å².